The molecule has 0 aliphatic carbocycles. The molecule has 2 fully saturated rings. The lowest BCUT2D eigenvalue weighted by Gasteiger charge is -2.47. The molecule has 4 rings (SSSR count). The number of thioether (sulfide) groups is 1. The number of carbonyl (C=O) groups is 2. The van der Waals surface area contributed by atoms with E-state index >= 15 is 0 Å². The van der Waals surface area contributed by atoms with E-state index in [9.17, 15) is 26.3 Å². The maximum Gasteiger partial charge on any atom is 0.490 e. The van der Waals surface area contributed by atoms with Gasteiger partial charge < -0.3 is 14.9 Å². The van der Waals surface area contributed by atoms with E-state index in [1.807, 2.05) is 29.8 Å². The van der Waals surface area contributed by atoms with Gasteiger partial charge >= 0.3 is 24.3 Å². The quantitative estimate of drug-likeness (QED) is 0.482. The summed E-state index contributed by atoms with van der Waals surface area (Å²) >= 11 is 4.00. The summed E-state index contributed by atoms with van der Waals surface area (Å²) in [5.41, 5.74) is 2.61. The van der Waals surface area contributed by atoms with E-state index in [0.717, 1.165) is 12.3 Å². The number of likely N-dealkylation sites (tertiary alicyclic amines) is 1. The second-order valence-electron chi connectivity index (χ2n) is 8.27. The molecule has 0 radical (unpaired) electrons. The monoisotopic (exact) mass is 574 g/mol. The average Bonchev–Trinajstić information content (AvgIpc) is 3.39. The molecule has 2 aromatic heterocycles. The molecule has 2 aromatic rings. The van der Waals surface area contributed by atoms with Crippen LogP contribution in [0.4, 0.5) is 26.3 Å². The predicted molar refractivity (Wildman–Crippen MR) is 124 cm³/mol. The van der Waals surface area contributed by atoms with Crippen LogP contribution >= 0.6 is 23.1 Å². The van der Waals surface area contributed by atoms with E-state index in [4.69, 9.17) is 24.5 Å². The van der Waals surface area contributed by atoms with Crippen molar-refractivity contribution in [3.63, 3.8) is 0 Å². The Hall–Kier alpha value is -2.36. The normalized spacial score (nSPS) is 18.7. The van der Waals surface area contributed by atoms with Gasteiger partial charge in [0.1, 0.15) is 0 Å². The number of aromatic nitrogens is 1. The summed E-state index contributed by atoms with van der Waals surface area (Å²) in [6.07, 6.45) is -4.88. The summed E-state index contributed by atoms with van der Waals surface area (Å²) in [6.45, 7) is 6.44. The fourth-order valence-electron chi connectivity index (χ4n) is 3.48. The number of pyridine rings is 1. The van der Waals surface area contributed by atoms with Crippen LogP contribution < -0.4 is 0 Å². The Kier molecular flexibility index (Phi) is 10.8. The molecular weight excluding hydrogens is 550 g/mol. The third-order valence-electron chi connectivity index (χ3n) is 5.23. The zero-order chi connectivity index (χ0) is 27.9. The smallest absolute Gasteiger partial charge is 0.475 e. The Balaban J connectivity index is 0.000000286. The largest absolute Gasteiger partial charge is 0.490 e. The van der Waals surface area contributed by atoms with Crippen molar-refractivity contribution in [1.82, 2.24) is 9.88 Å². The lowest BCUT2D eigenvalue weighted by Crippen LogP contribution is -2.58. The van der Waals surface area contributed by atoms with Gasteiger partial charge in [-0.15, -0.1) is 23.1 Å². The molecule has 4 heterocycles. The highest BCUT2D eigenvalue weighted by molar-refractivity contribution is 8.01. The third kappa shape index (κ3) is 10.1. The number of aliphatic carboxylic acids is 2. The van der Waals surface area contributed by atoms with Gasteiger partial charge in [0.15, 0.2) is 0 Å². The van der Waals surface area contributed by atoms with Gasteiger partial charge in [-0.3, -0.25) is 9.88 Å². The standard InChI is InChI=1S/C18H22N2OS2.2C2HF3O2/c1-14-4-6-22-17(14)9-20-12-18(13-20)7-16(11-23-18)21-10-15-3-2-5-19-8-15;2*3-2(4,5)1(6)7/h2-6,8,16H,7,9-13H2,1H3;2*(H,6,7). The molecule has 7 nitrogen and oxygen atoms in total. The molecule has 1 unspecified atom stereocenters. The van der Waals surface area contributed by atoms with Gasteiger partial charge in [0.25, 0.3) is 0 Å². The van der Waals surface area contributed by atoms with Gasteiger partial charge in [0, 0.05) is 47.4 Å². The second kappa shape index (κ2) is 12.9. The van der Waals surface area contributed by atoms with Crippen LogP contribution in [0.15, 0.2) is 36.0 Å². The minimum Gasteiger partial charge on any atom is -0.475 e. The number of hydrogen-bond donors (Lipinski definition) is 2. The number of nitrogens with zero attached hydrogens (tertiary/aromatic N) is 2. The Morgan fingerprint density at radius 1 is 1.14 bits per heavy atom. The summed E-state index contributed by atoms with van der Waals surface area (Å²) in [5, 5.41) is 16.5. The summed E-state index contributed by atoms with van der Waals surface area (Å²) in [7, 11) is 0. The molecule has 1 spiro atoms. The Morgan fingerprint density at radius 3 is 2.19 bits per heavy atom. The van der Waals surface area contributed by atoms with Gasteiger partial charge in [-0.1, -0.05) is 6.07 Å². The number of rotatable bonds is 5. The fourth-order valence-corrected chi connectivity index (χ4v) is 6.03. The van der Waals surface area contributed by atoms with Crippen molar-refractivity contribution >= 4 is 35.0 Å². The van der Waals surface area contributed by atoms with Gasteiger partial charge in [0.2, 0.25) is 0 Å². The van der Waals surface area contributed by atoms with Crippen LogP contribution in [0, 0.1) is 6.92 Å². The maximum absolute atomic E-state index is 10.6. The van der Waals surface area contributed by atoms with Crippen LogP contribution in [0.25, 0.3) is 0 Å². The first-order chi connectivity index (χ1) is 17.1. The van der Waals surface area contributed by atoms with Gasteiger partial charge in [-0.2, -0.15) is 26.3 Å². The van der Waals surface area contributed by atoms with Crippen LogP contribution in [0.3, 0.4) is 0 Å². The molecule has 0 amide bonds. The van der Waals surface area contributed by atoms with E-state index in [2.05, 4.69) is 46.1 Å². The van der Waals surface area contributed by atoms with Crippen LogP contribution in [0.1, 0.15) is 22.4 Å². The van der Waals surface area contributed by atoms with E-state index in [1.165, 1.54) is 35.5 Å². The third-order valence-corrected chi connectivity index (χ3v) is 7.81. The van der Waals surface area contributed by atoms with Crippen molar-refractivity contribution in [2.45, 2.75) is 49.7 Å². The van der Waals surface area contributed by atoms with E-state index < -0.39 is 24.3 Å². The number of hydrogen-bond acceptors (Lipinski definition) is 7. The maximum atomic E-state index is 10.6. The number of alkyl halides is 6. The minimum atomic E-state index is -5.08. The Labute approximate surface area is 216 Å². The molecule has 15 heteroatoms. The summed E-state index contributed by atoms with van der Waals surface area (Å²) < 4.78 is 70.0. The molecule has 2 N–H and O–H groups in total. The van der Waals surface area contributed by atoms with Crippen LogP contribution in [-0.2, 0) is 27.5 Å². The van der Waals surface area contributed by atoms with Crippen LogP contribution in [0.5, 0.6) is 0 Å². The number of aryl methyl sites for hydroxylation is 1. The van der Waals surface area contributed by atoms with E-state index in [1.54, 1.807) is 0 Å². The highest BCUT2D eigenvalue weighted by Crippen LogP contribution is 2.46. The van der Waals surface area contributed by atoms with E-state index in [-0.39, 0.29) is 0 Å². The molecular formula is C22H24F6N2O5S2. The number of carboxylic acids is 2. The van der Waals surface area contributed by atoms with Crippen molar-refractivity contribution in [1.29, 1.82) is 0 Å². The molecule has 2 saturated heterocycles. The first-order valence-electron chi connectivity index (χ1n) is 10.6. The highest BCUT2D eigenvalue weighted by Gasteiger charge is 2.49. The van der Waals surface area contributed by atoms with Crippen molar-refractivity contribution in [2.75, 3.05) is 18.8 Å². The number of carboxylic acid groups (broad SMARTS) is 2. The minimum absolute atomic E-state index is 0.394. The summed E-state index contributed by atoms with van der Waals surface area (Å²) in [6, 6.07) is 6.28. The lowest BCUT2D eigenvalue weighted by molar-refractivity contribution is -0.193. The Morgan fingerprint density at radius 2 is 1.73 bits per heavy atom. The number of ether oxygens (including phenoxy) is 1. The zero-order valence-electron chi connectivity index (χ0n) is 19.4. The molecule has 206 valence electrons. The van der Waals surface area contributed by atoms with Gasteiger partial charge in [0.05, 0.1) is 12.7 Å². The zero-order valence-corrected chi connectivity index (χ0v) is 21.0. The Bertz CT molecular complexity index is 1000. The number of halogens is 6. The fraction of sp³-hybridized carbons (Fsp3) is 0.500. The molecule has 2 aliphatic rings. The second-order valence-corrected chi connectivity index (χ2v) is 10.8. The van der Waals surface area contributed by atoms with Crippen molar-refractivity contribution < 1.29 is 50.9 Å². The van der Waals surface area contributed by atoms with Crippen molar-refractivity contribution in [3.8, 4) is 0 Å². The van der Waals surface area contributed by atoms with Crippen LogP contribution in [-0.4, -0.2) is 74.1 Å². The number of thiophene rings is 1. The highest BCUT2D eigenvalue weighted by atomic mass is 32.2. The topological polar surface area (TPSA) is 100.0 Å². The van der Waals surface area contributed by atoms with Crippen molar-refractivity contribution in [2.24, 2.45) is 0 Å². The predicted octanol–water partition coefficient (Wildman–Crippen LogP) is 4.99. The molecule has 2 aliphatic heterocycles. The molecule has 0 saturated carbocycles. The van der Waals surface area contributed by atoms with E-state index in [0.29, 0.717) is 17.5 Å². The van der Waals surface area contributed by atoms with Crippen LogP contribution in [0.2, 0.25) is 0 Å². The first-order valence-corrected chi connectivity index (χ1v) is 12.5. The molecule has 37 heavy (non-hydrogen) atoms. The van der Waals surface area contributed by atoms with Gasteiger partial charge in [-0.25, -0.2) is 9.59 Å². The average molecular weight is 575 g/mol. The summed E-state index contributed by atoms with van der Waals surface area (Å²) in [4.78, 5) is 26.0. The SMILES string of the molecule is Cc1ccsc1CN1CC2(CC(OCc3cccnc3)CS2)C1.O=C(O)C(F)(F)F.O=C(O)C(F)(F)F. The van der Waals surface area contributed by atoms with Crippen molar-refractivity contribution in [3.05, 3.63) is 52.0 Å². The molecule has 1 atom stereocenters. The lowest BCUT2D eigenvalue weighted by atomic mass is 9.93. The van der Waals surface area contributed by atoms with Gasteiger partial charge in [-0.05, 0) is 42.0 Å². The molecule has 0 bridgehead atoms. The summed E-state index contributed by atoms with van der Waals surface area (Å²) in [5.74, 6) is -4.38. The molecule has 0 aromatic carbocycles. The first kappa shape index (κ1) is 30.9.